The number of nitrogens with one attached hydrogen (secondary N) is 1. The Kier molecular flexibility index (Phi) is 8.50. The van der Waals surface area contributed by atoms with Crippen molar-refractivity contribution in [3.63, 3.8) is 0 Å². The van der Waals surface area contributed by atoms with E-state index in [1.165, 1.54) is 0 Å². The molecule has 0 bridgehead atoms. The van der Waals surface area contributed by atoms with Gasteiger partial charge in [0, 0.05) is 39.1 Å². The molecule has 7 heteroatoms. The molecule has 0 unspecified atom stereocenters. The van der Waals surface area contributed by atoms with E-state index in [4.69, 9.17) is 14.2 Å². The smallest absolute Gasteiger partial charge is 0.317 e. The van der Waals surface area contributed by atoms with Gasteiger partial charge in [0.05, 0.1) is 26.9 Å². The van der Waals surface area contributed by atoms with Gasteiger partial charge in [-0.15, -0.1) is 0 Å². The maximum atomic E-state index is 12.2. The molecule has 0 saturated carbocycles. The average molecular weight is 365 g/mol. The van der Waals surface area contributed by atoms with Crippen LogP contribution < -0.4 is 14.8 Å². The third-order valence-corrected chi connectivity index (χ3v) is 4.39. The zero-order valence-corrected chi connectivity index (χ0v) is 16.1. The quantitative estimate of drug-likeness (QED) is 0.710. The number of likely N-dealkylation sites (N-methyl/N-ethyl adjacent to an activating group) is 1. The second-order valence-corrected chi connectivity index (χ2v) is 6.66. The van der Waals surface area contributed by atoms with Crippen molar-refractivity contribution in [2.75, 3.05) is 67.2 Å². The molecular formula is C19H31N3O4. The number of ether oxygens (including phenoxy) is 3. The maximum Gasteiger partial charge on any atom is 0.317 e. The summed E-state index contributed by atoms with van der Waals surface area (Å²) >= 11 is 0. The molecule has 1 atom stereocenters. The molecule has 2 rings (SSSR count). The van der Waals surface area contributed by atoms with Crippen LogP contribution >= 0.6 is 0 Å². The number of rotatable bonds is 8. The van der Waals surface area contributed by atoms with Crippen LogP contribution in [0.4, 0.5) is 4.79 Å². The normalized spacial score (nSPS) is 18.0. The first-order valence-corrected chi connectivity index (χ1v) is 9.11. The van der Waals surface area contributed by atoms with Crippen LogP contribution in [0, 0.1) is 5.92 Å². The van der Waals surface area contributed by atoms with E-state index in [9.17, 15) is 4.79 Å². The minimum atomic E-state index is -0.0609. The van der Waals surface area contributed by atoms with Crippen molar-refractivity contribution in [1.29, 1.82) is 0 Å². The average Bonchev–Trinajstić information content (AvgIpc) is 2.87. The van der Waals surface area contributed by atoms with Gasteiger partial charge in [0.2, 0.25) is 0 Å². The van der Waals surface area contributed by atoms with Crippen LogP contribution in [-0.4, -0.2) is 83.0 Å². The molecule has 1 N–H and O–H groups in total. The van der Waals surface area contributed by atoms with E-state index in [2.05, 4.69) is 17.3 Å². The first-order chi connectivity index (χ1) is 12.6. The maximum absolute atomic E-state index is 12.2. The molecule has 26 heavy (non-hydrogen) atoms. The largest absolute Gasteiger partial charge is 0.493 e. The third-order valence-electron chi connectivity index (χ3n) is 4.39. The molecule has 7 nitrogen and oxygen atoms in total. The number of para-hydroxylation sites is 2. The van der Waals surface area contributed by atoms with E-state index >= 15 is 0 Å². The van der Waals surface area contributed by atoms with Gasteiger partial charge in [-0.05, 0) is 25.6 Å². The Labute approximate surface area is 156 Å². The lowest BCUT2D eigenvalue weighted by Gasteiger charge is -2.22. The fraction of sp³-hybridized carbons (Fsp3) is 0.632. The van der Waals surface area contributed by atoms with Gasteiger partial charge in [-0.25, -0.2) is 4.79 Å². The highest BCUT2D eigenvalue weighted by atomic mass is 16.5. The zero-order chi connectivity index (χ0) is 18.8. The van der Waals surface area contributed by atoms with E-state index in [0.717, 1.165) is 31.9 Å². The number of nitrogens with zero attached hydrogens (tertiary/aromatic N) is 2. The second kappa shape index (κ2) is 10.9. The summed E-state index contributed by atoms with van der Waals surface area (Å²) in [6.07, 6.45) is 0.747. The number of hydrogen-bond donors (Lipinski definition) is 1. The van der Waals surface area contributed by atoms with E-state index in [0.29, 0.717) is 38.0 Å². The fourth-order valence-electron chi connectivity index (χ4n) is 2.87. The Morgan fingerprint density at radius 1 is 1.38 bits per heavy atom. The van der Waals surface area contributed by atoms with E-state index < -0.39 is 0 Å². The summed E-state index contributed by atoms with van der Waals surface area (Å²) in [5, 5.41) is 3.00. The lowest BCUT2D eigenvalue weighted by molar-refractivity contribution is 0.121. The van der Waals surface area contributed by atoms with Gasteiger partial charge in [0.25, 0.3) is 0 Å². The number of methoxy groups -OCH3 is 1. The first kappa shape index (κ1) is 20.3. The summed E-state index contributed by atoms with van der Waals surface area (Å²) in [4.78, 5) is 16.1. The zero-order valence-electron chi connectivity index (χ0n) is 16.1. The number of hydrogen-bond acceptors (Lipinski definition) is 5. The lowest BCUT2D eigenvalue weighted by Crippen LogP contribution is -2.42. The third kappa shape index (κ3) is 6.72. The number of carbonyl (C=O) groups excluding carboxylic acids is 1. The molecule has 0 radical (unpaired) electrons. The predicted molar refractivity (Wildman–Crippen MR) is 101 cm³/mol. The Hall–Kier alpha value is -1.99. The van der Waals surface area contributed by atoms with Gasteiger partial charge in [0.1, 0.15) is 0 Å². The van der Waals surface area contributed by atoms with E-state index in [1.807, 2.05) is 24.3 Å². The summed E-state index contributed by atoms with van der Waals surface area (Å²) in [5.74, 6) is 1.77. The summed E-state index contributed by atoms with van der Waals surface area (Å²) in [7, 11) is 5.50. The van der Waals surface area contributed by atoms with Gasteiger partial charge in [-0.3, -0.25) is 0 Å². The van der Waals surface area contributed by atoms with Gasteiger partial charge >= 0.3 is 6.03 Å². The van der Waals surface area contributed by atoms with Crippen molar-refractivity contribution in [2.45, 2.75) is 6.42 Å². The monoisotopic (exact) mass is 365 g/mol. The van der Waals surface area contributed by atoms with Gasteiger partial charge in [-0.2, -0.15) is 0 Å². The minimum absolute atomic E-state index is 0.0609. The van der Waals surface area contributed by atoms with E-state index in [-0.39, 0.29) is 6.03 Å². The van der Waals surface area contributed by atoms with Gasteiger partial charge in [-0.1, -0.05) is 12.1 Å². The van der Waals surface area contributed by atoms with Crippen molar-refractivity contribution in [1.82, 2.24) is 15.1 Å². The van der Waals surface area contributed by atoms with Crippen LogP contribution in [0.2, 0.25) is 0 Å². The SMILES string of the molecule is COc1ccccc1OCCCN(C)C(=O)NC[C@@H]1COCCN(C)C1. The molecule has 1 fully saturated rings. The molecule has 0 spiro atoms. The highest BCUT2D eigenvalue weighted by Crippen LogP contribution is 2.25. The standard InChI is InChI=1S/C19H31N3O4/c1-21-10-12-25-15-16(14-21)13-20-19(23)22(2)9-6-11-26-18-8-5-4-7-17(18)24-3/h4-5,7-8,16H,6,9-15H2,1-3H3,(H,20,23)/t16-/m0/s1. The number of urea groups is 1. The Morgan fingerprint density at radius 2 is 2.15 bits per heavy atom. The Morgan fingerprint density at radius 3 is 2.92 bits per heavy atom. The predicted octanol–water partition coefficient (Wildman–Crippen LogP) is 1.68. The molecule has 1 aromatic carbocycles. The lowest BCUT2D eigenvalue weighted by atomic mass is 10.1. The van der Waals surface area contributed by atoms with Crippen molar-refractivity contribution < 1.29 is 19.0 Å². The molecule has 2 amide bonds. The molecule has 0 aliphatic carbocycles. The molecule has 1 aliphatic rings. The van der Waals surface area contributed by atoms with E-state index in [1.54, 1.807) is 19.1 Å². The van der Waals surface area contributed by atoms with Crippen LogP contribution in [0.3, 0.4) is 0 Å². The van der Waals surface area contributed by atoms with Crippen LogP contribution in [0.25, 0.3) is 0 Å². The number of amides is 2. The van der Waals surface area contributed by atoms with Gasteiger partial charge in [0.15, 0.2) is 11.5 Å². The highest BCUT2D eigenvalue weighted by molar-refractivity contribution is 5.73. The Bertz CT molecular complexity index is 555. The molecule has 1 aromatic rings. The number of carbonyl (C=O) groups is 1. The first-order valence-electron chi connectivity index (χ1n) is 9.11. The van der Waals surface area contributed by atoms with Crippen LogP contribution in [0.5, 0.6) is 11.5 Å². The fourth-order valence-corrected chi connectivity index (χ4v) is 2.87. The molecule has 1 saturated heterocycles. The number of benzene rings is 1. The molecule has 0 aromatic heterocycles. The summed E-state index contributed by atoms with van der Waals surface area (Å²) in [5.41, 5.74) is 0. The minimum Gasteiger partial charge on any atom is -0.493 e. The summed E-state index contributed by atoms with van der Waals surface area (Å²) < 4.78 is 16.6. The van der Waals surface area contributed by atoms with Crippen molar-refractivity contribution >= 4 is 6.03 Å². The van der Waals surface area contributed by atoms with Gasteiger partial charge < -0.3 is 29.3 Å². The molecule has 1 heterocycles. The van der Waals surface area contributed by atoms with Crippen molar-refractivity contribution in [3.8, 4) is 11.5 Å². The Balaban J connectivity index is 1.64. The molecule has 1 aliphatic heterocycles. The second-order valence-electron chi connectivity index (χ2n) is 6.66. The summed E-state index contributed by atoms with van der Waals surface area (Å²) in [6.45, 7) is 5.12. The van der Waals surface area contributed by atoms with Crippen LogP contribution in [0.1, 0.15) is 6.42 Å². The van der Waals surface area contributed by atoms with Crippen LogP contribution in [-0.2, 0) is 4.74 Å². The van der Waals surface area contributed by atoms with Crippen LogP contribution in [0.15, 0.2) is 24.3 Å². The highest BCUT2D eigenvalue weighted by Gasteiger charge is 2.17. The topological polar surface area (TPSA) is 63.3 Å². The molecule has 146 valence electrons. The molecular weight excluding hydrogens is 334 g/mol. The van der Waals surface area contributed by atoms with Crippen molar-refractivity contribution in [2.24, 2.45) is 5.92 Å². The van der Waals surface area contributed by atoms with Crippen molar-refractivity contribution in [3.05, 3.63) is 24.3 Å². The summed E-state index contributed by atoms with van der Waals surface area (Å²) in [6, 6.07) is 7.49.